The molecule has 0 saturated carbocycles. The number of hydrogen-bond acceptors (Lipinski definition) is 1. The maximum atomic E-state index is 8.93. The molecule has 0 fully saturated rings. The number of fused-ring (bicyclic) bond motifs is 3. The lowest BCUT2D eigenvalue weighted by molar-refractivity contribution is 1.17. The van der Waals surface area contributed by atoms with Crippen molar-refractivity contribution in [3.8, 4) is 6.07 Å². The topological polar surface area (TPSA) is 28.2 Å². The van der Waals surface area contributed by atoms with Gasteiger partial charge in [0.25, 0.3) is 0 Å². The number of rotatable bonds is 0. The van der Waals surface area contributed by atoms with Crippen LogP contribution in [0.4, 0.5) is 0 Å². The Kier molecular flexibility index (Phi) is 1.54. The Balaban J connectivity index is 2.57. The Morgan fingerprint density at radius 2 is 1.87 bits per heavy atom. The second-order valence-corrected chi connectivity index (χ2v) is 3.49. The lowest BCUT2D eigenvalue weighted by Crippen LogP contribution is -1.87. The zero-order valence-corrected chi connectivity index (χ0v) is 8.01. The average molecular weight is 192 g/mol. The van der Waals surface area contributed by atoms with Crippen LogP contribution in [0.15, 0.2) is 48.7 Å². The summed E-state index contributed by atoms with van der Waals surface area (Å²) in [6.07, 6.45) is 1.94. The molecule has 3 rings (SSSR count). The first kappa shape index (κ1) is 8.07. The Morgan fingerprint density at radius 3 is 2.73 bits per heavy atom. The first-order valence-electron chi connectivity index (χ1n) is 4.79. The second kappa shape index (κ2) is 2.86. The van der Waals surface area contributed by atoms with Gasteiger partial charge in [0.05, 0.1) is 5.52 Å². The summed E-state index contributed by atoms with van der Waals surface area (Å²) in [6.45, 7) is 0. The van der Waals surface area contributed by atoms with Crippen LogP contribution in [0.25, 0.3) is 16.3 Å². The molecule has 0 atom stereocenters. The minimum absolute atomic E-state index is 0.677. The van der Waals surface area contributed by atoms with Crippen molar-refractivity contribution >= 4 is 16.3 Å². The summed E-state index contributed by atoms with van der Waals surface area (Å²) >= 11 is 0. The maximum absolute atomic E-state index is 8.93. The van der Waals surface area contributed by atoms with Crippen molar-refractivity contribution < 1.29 is 0 Å². The van der Waals surface area contributed by atoms with Crippen LogP contribution in [0.3, 0.4) is 0 Å². The van der Waals surface area contributed by atoms with E-state index >= 15 is 0 Å². The Bertz CT molecular complexity index is 686. The van der Waals surface area contributed by atoms with Crippen LogP contribution in [0.2, 0.25) is 0 Å². The zero-order chi connectivity index (χ0) is 10.3. The fraction of sp³-hybridized carbons (Fsp3) is 0. The monoisotopic (exact) mass is 192 g/mol. The van der Waals surface area contributed by atoms with Crippen LogP contribution in [0.1, 0.15) is 5.69 Å². The lowest BCUT2D eigenvalue weighted by atomic mass is 10.1. The van der Waals surface area contributed by atoms with E-state index in [1.54, 1.807) is 0 Å². The number of pyridine rings is 1. The first-order chi connectivity index (χ1) is 7.40. The van der Waals surface area contributed by atoms with Crippen LogP contribution < -0.4 is 0 Å². The highest BCUT2D eigenvalue weighted by Crippen LogP contribution is 2.21. The van der Waals surface area contributed by atoms with Crippen molar-refractivity contribution in [2.24, 2.45) is 0 Å². The maximum Gasteiger partial charge on any atom is 0.124 e. The van der Waals surface area contributed by atoms with Crippen molar-refractivity contribution in [1.82, 2.24) is 4.40 Å². The van der Waals surface area contributed by atoms with Crippen molar-refractivity contribution in [2.45, 2.75) is 0 Å². The van der Waals surface area contributed by atoms with E-state index in [1.165, 1.54) is 10.8 Å². The molecule has 15 heavy (non-hydrogen) atoms. The van der Waals surface area contributed by atoms with Crippen LogP contribution in [-0.2, 0) is 0 Å². The van der Waals surface area contributed by atoms with Crippen LogP contribution in [0.5, 0.6) is 0 Å². The molecule has 0 spiro atoms. The molecule has 0 amide bonds. The molecule has 2 nitrogen and oxygen atoms in total. The predicted octanol–water partition coefficient (Wildman–Crippen LogP) is 2.96. The van der Waals surface area contributed by atoms with E-state index < -0.39 is 0 Å². The quantitative estimate of drug-likeness (QED) is 0.538. The molecule has 0 N–H and O–H groups in total. The largest absolute Gasteiger partial charge is 0.308 e. The van der Waals surface area contributed by atoms with Gasteiger partial charge in [-0.1, -0.05) is 24.3 Å². The lowest BCUT2D eigenvalue weighted by Gasteiger charge is -2.01. The minimum Gasteiger partial charge on any atom is -0.308 e. The Hall–Kier alpha value is -2.27. The third-order valence-electron chi connectivity index (χ3n) is 2.67. The number of hydrogen-bond donors (Lipinski definition) is 0. The normalized spacial score (nSPS) is 10.6. The highest BCUT2D eigenvalue weighted by atomic mass is 14.9. The van der Waals surface area contributed by atoms with Crippen molar-refractivity contribution in [3.63, 3.8) is 0 Å². The summed E-state index contributed by atoms with van der Waals surface area (Å²) in [5.41, 5.74) is 1.76. The average Bonchev–Trinajstić information content (AvgIpc) is 2.72. The van der Waals surface area contributed by atoms with Gasteiger partial charge in [0.15, 0.2) is 0 Å². The molecule has 0 radical (unpaired) electrons. The van der Waals surface area contributed by atoms with Gasteiger partial charge in [-0.3, -0.25) is 0 Å². The van der Waals surface area contributed by atoms with E-state index in [0.29, 0.717) is 5.69 Å². The number of benzene rings is 1. The van der Waals surface area contributed by atoms with Gasteiger partial charge in [0.2, 0.25) is 0 Å². The van der Waals surface area contributed by atoms with Gasteiger partial charge in [-0.2, -0.15) is 5.26 Å². The molecule has 2 heterocycles. The van der Waals surface area contributed by atoms with Gasteiger partial charge >= 0.3 is 0 Å². The Labute approximate surface area is 87.0 Å². The van der Waals surface area contributed by atoms with Gasteiger partial charge in [-0.05, 0) is 23.6 Å². The fourth-order valence-corrected chi connectivity index (χ4v) is 1.95. The van der Waals surface area contributed by atoms with E-state index in [1.807, 2.05) is 40.9 Å². The minimum atomic E-state index is 0.677. The summed E-state index contributed by atoms with van der Waals surface area (Å²) in [7, 11) is 0. The molecule has 0 bridgehead atoms. The van der Waals surface area contributed by atoms with Gasteiger partial charge < -0.3 is 4.40 Å². The van der Waals surface area contributed by atoms with E-state index in [4.69, 9.17) is 5.26 Å². The van der Waals surface area contributed by atoms with Crippen LogP contribution in [0, 0.1) is 11.3 Å². The van der Waals surface area contributed by atoms with Gasteiger partial charge in [0.1, 0.15) is 11.8 Å². The standard InChI is InChI=1S/C13H8N2/c14-9-11-5-6-13-12-4-2-1-3-10(12)7-8-15(11)13/h1-8H. The molecule has 3 aromatic rings. The highest BCUT2D eigenvalue weighted by molar-refractivity contribution is 5.96. The van der Waals surface area contributed by atoms with Crippen molar-refractivity contribution in [3.05, 3.63) is 54.4 Å². The molecule has 0 aliphatic carbocycles. The molecule has 70 valence electrons. The third-order valence-corrected chi connectivity index (χ3v) is 2.67. The molecular formula is C13H8N2. The Morgan fingerprint density at radius 1 is 1.00 bits per heavy atom. The fourth-order valence-electron chi connectivity index (χ4n) is 1.95. The van der Waals surface area contributed by atoms with E-state index in [9.17, 15) is 0 Å². The molecule has 0 unspecified atom stereocenters. The SMILES string of the molecule is N#Cc1ccc2c3ccccc3ccn12. The summed E-state index contributed by atoms with van der Waals surface area (Å²) in [6, 6.07) is 16.2. The molecule has 1 aromatic carbocycles. The van der Waals surface area contributed by atoms with Gasteiger partial charge in [-0.15, -0.1) is 0 Å². The summed E-state index contributed by atoms with van der Waals surface area (Å²) < 4.78 is 1.92. The molecular weight excluding hydrogens is 184 g/mol. The predicted molar refractivity (Wildman–Crippen MR) is 59.6 cm³/mol. The molecule has 0 aliphatic heterocycles. The third kappa shape index (κ3) is 1.04. The van der Waals surface area contributed by atoms with Gasteiger partial charge in [-0.25, -0.2) is 0 Å². The molecule has 0 saturated heterocycles. The summed E-state index contributed by atoms with van der Waals surface area (Å²) in [5.74, 6) is 0. The van der Waals surface area contributed by atoms with Crippen molar-refractivity contribution in [2.75, 3.05) is 0 Å². The van der Waals surface area contributed by atoms with Crippen LogP contribution >= 0.6 is 0 Å². The summed E-state index contributed by atoms with van der Waals surface area (Å²) in [4.78, 5) is 0. The molecule has 2 heteroatoms. The number of nitriles is 1. The van der Waals surface area contributed by atoms with Crippen molar-refractivity contribution in [1.29, 1.82) is 5.26 Å². The molecule has 0 aliphatic rings. The zero-order valence-electron chi connectivity index (χ0n) is 8.01. The van der Waals surface area contributed by atoms with Crippen LogP contribution in [-0.4, -0.2) is 4.40 Å². The highest BCUT2D eigenvalue weighted by Gasteiger charge is 2.03. The molecule has 2 aromatic heterocycles. The van der Waals surface area contributed by atoms with E-state index in [2.05, 4.69) is 18.2 Å². The van der Waals surface area contributed by atoms with E-state index in [-0.39, 0.29) is 0 Å². The smallest absolute Gasteiger partial charge is 0.124 e. The second-order valence-electron chi connectivity index (χ2n) is 3.49. The first-order valence-corrected chi connectivity index (χ1v) is 4.79. The number of nitrogens with zero attached hydrogens (tertiary/aromatic N) is 2. The van der Waals surface area contributed by atoms with E-state index in [0.717, 1.165) is 5.52 Å². The number of aromatic nitrogens is 1. The van der Waals surface area contributed by atoms with Gasteiger partial charge in [0, 0.05) is 11.6 Å². The summed E-state index contributed by atoms with van der Waals surface area (Å²) in [5, 5.41) is 11.3.